The predicted octanol–water partition coefficient (Wildman–Crippen LogP) is 3.29. The number of ether oxygens (including phenoxy) is 1. The van der Waals surface area contributed by atoms with Gasteiger partial charge in [-0.3, -0.25) is 4.90 Å². The Bertz CT molecular complexity index is 900. The van der Waals surface area contributed by atoms with E-state index in [1.54, 1.807) is 25.1 Å². The van der Waals surface area contributed by atoms with E-state index in [4.69, 9.17) is 4.74 Å². The fourth-order valence-corrected chi connectivity index (χ4v) is 3.51. The lowest BCUT2D eigenvalue weighted by Crippen LogP contribution is -2.65. The summed E-state index contributed by atoms with van der Waals surface area (Å²) in [6.45, 7) is 1.76. The van der Waals surface area contributed by atoms with Crippen LogP contribution in [0.3, 0.4) is 0 Å². The average Bonchev–Trinajstić information content (AvgIpc) is 2.55. The average molecular weight is 342 g/mol. The summed E-state index contributed by atoms with van der Waals surface area (Å²) in [6.07, 6.45) is 0.409. The van der Waals surface area contributed by atoms with Gasteiger partial charge in [0, 0.05) is 12.0 Å². The molecule has 0 spiro atoms. The Morgan fingerprint density at radius 2 is 2.16 bits per heavy atom. The van der Waals surface area contributed by atoms with E-state index < -0.39 is 23.5 Å². The Kier molecular flexibility index (Phi) is 3.21. The van der Waals surface area contributed by atoms with Crippen LogP contribution in [0, 0.1) is 5.82 Å². The van der Waals surface area contributed by atoms with Crippen molar-refractivity contribution in [2.24, 2.45) is 0 Å². The van der Waals surface area contributed by atoms with Crippen molar-refractivity contribution in [3.8, 4) is 5.75 Å². The van der Waals surface area contributed by atoms with Gasteiger partial charge in [-0.25, -0.2) is 14.0 Å². The second-order valence-electron chi connectivity index (χ2n) is 6.36. The van der Waals surface area contributed by atoms with Gasteiger partial charge in [-0.1, -0.05) is 6.07 Å². The summed E-state index contributed by atoms with van der Waals surface area (Å²) in [5.41, 5.74) is 0.0950. The lowest BCUT2D eigenvalue weighted by Gasteiger charge is -2.50. The number of carbonyl (C=O) groups excluding carboxylic acids is 1. The molecule has 2 bridgehead atoms. The highest BCUT2D eigenvalue weighted by atomic mass is 19.1. The van der Waals surface area contributed by atoms with E-state index >= 15 is 0 Å². The van der Waals surface area contributed by atoms with Gasteiger partial charge < -0.3 is 15.2 Å². The van der Waals surface area contributed by atoms with Gasteiger partial charge in [-0.15, -0.1) is 0 Å². The maximum atomic E-state index is 13.5. The monoisotopic (exact) mass is 342 g/mol. The zero-order chi connectivity index (χ0) is 17.8. The van der Waals surface area contributed by atoms with Crippen molar-refractivity contribution in [2.45, 2.75) is 25.1 Å². The van der Waals surface area contributed by atoms with Crippen LogP contribution in [0.4, 0.5) is 14.9 Å². The van der Waals surface area contributed by atoms with Gasteiger partial charge in [0.1, 0.15) is 11.6 Å². The van der Waals surface area contributed by atoms with Crippen LogP contribution in [0.1, 0.15) is 35.3 Å². The Morgan fingerprint density at radius 3 is 2.92 bits per heavy atom. The van der Waals surface area contributed by atoms with Gasteiger partial charge >= 0.3 is 12.0 Å². The van der Waals surface area contributed by atoms with Crippen molar-refractivity contribution in [2.75, 3.05) is 4.90 Å². The van der Waals surface area contributed by atoms with Crippen LogP contribution in [-0.2, 0) is 0 Å². The van der Waals surface area contributed by atoms with Crippen molar-refractivity contribution in [1.29, 1.82) is 0 Å². The zero-order valence-corrected chi connectivity index (χ0v) is 13.3. The number of carbonyl (C=O) groups is 2. The van der Waals surface area contributed by atoms with Crippen molar-refractivity contribution < 1.29 is 23.8 Å². The first-order valence-corrected chi connectivity index (χ1v) is 7.80. The van der Waals surface area contributed by atoms with Crippen LogP contribution in [0.2, 0.25) is 0 Å². The maximum Gasteiger partial charge on any atom is 0.335 e. The smallest absolute Gasteiger partial charge is 0.335 e. The van der Waals surface area contributed by atoms with Gasteiger partial charge in [-0.05, 0) is 43.3 Å². The molecule has 1 saturated heterocycles. The zero-order valence-electron chi connectivity index (χ0n) is 13.3. The quantitative estimate of drug-likeness (QED) is 0.878. The molecule has 2 aromatic rings. The molecular formula is C18H15FN2O4. The fraction of sp³-hybridized carbons (Fsp3) is 0.222. The first kappa shape index (κ1) is 15.4. The first-order chi connectivity index (χ1) is 11.9. The molecule has 1 fully saturated rings. The second-order valence-corrected chi connectivity index (χ2v) is 6.36. The molecule has 4 rings (SSSR count). The topological polar surface area (TPSA) is 78.9 Å². The molecule has 7 heteroatoms. The molecule has 2 atom stereocenters. The molecule has 2 unspecified atom stereocenters. The van der Waals surface area contributed by atoms with Crippen molar-refractivity contribution in [3.63, 3.8) is 0 Å². The summed E-state index contributed by atoms with van der Waals surface area (Å²) in [7, 11) is 0. The van der Waals surface area contributed by atoms with Gasteiger partial charge in [-0.2, -0.15) is 0 Å². The van der Waals surface area contributed by atoms with Crippen LogP contribution in [0.25, 0.3) is 0 Å². The highest BCUT2D eigenvalue weighted by Gasteiger charge is 2.50. The van der Waals surface area contributed by atoms with Gasteiger partial charge in [0.05, 0.1) is 17.3 Å². The van der Waals surface area contributed by atoms with E-state index in [0.717, 1.165) is 0 Å². The summed E-state index contributed by atoms with van der Waals surface area (Å²) >= 11 is 0. The number of hydrogen-bond donors (Lipinski definition) is 2. The van der Waals surface area contributed by atoms with Crippen LogP contribution in [-0.4, -0.2) is 22.8 Å². The number of halogens is 1. The van der Waals surface area contributed by atoms with E-state index in [1.165, 1.54) is 29.2 Å². The van der Waals surface area contributed by atoms with Gasteiger partial charge in [0.15, 0.2) is 5.72 Å². The number of urea groups is 1. The molecule has 2 amide bonds. The predicted molar refractivity (Wildman–Crippen MR) is 87.2 cm³/mol. The molecule has 2 aromatic carbocycles. The third-order valence-electron chi connectivity index (χ3n) is 4.59. The Morgan fingerprint density at radius 1 is 1.36 bits per heavy atom. The van der Waals surface area contributed by atoms with E-state index in [-0.39, 0.29) is 11.6 Å². The lowest BCUT2D eigenvalue weighted by atomic mass is 9.90. The molecular weight excluding hydrogens is 327 g/mol. The third-order valence-corrected chi connectivity index (χ3v) is 4.59. The fourth-order valence-electron chi connectivity index (χ4n) is 3.51. The summed E-state index contributed by atoms with van der Waals surface area (Å²) in [5, 5.41) is 12.0. The number of carboxylic acids is 1. The SMILES string of the molecule is CC12CC(NC(=O)N1c1cccc(C(=O)O)c1)c1cc(F)ccc1O2. The molecule has 2 aliphatic rings. The summed E-state index contributed by atoms with van der Waals surface area (Å²) < 4.78 is 19.6. The van der Waals surface area contributed by atoms with Crippen LogP contribution >= 0.6 is 0 Å². The number of rotatable bonds is 2. The maximum absolute atomic E-state index is 13.5. The molecule has 0 saturated carbocycles. The summed E-state index contributed by atoms with van der Waals surface area (Å²) in [5.74, 6) is -0.969. The van der Waals surface area contributed by atoms with Crippen molar-refractivity contribution >= 4 is 17.7 Å². The van der Waals surface area contributed by atoms with E-state index in [0.29, 0.717) is 23.4 Å². The van der Waals surface area contributed by atoms with E-state index in [2.05, 4.69) is 5.32 Å². The number of nitrogens with zero attached hydrogens (tertiary/aromatic N) is 1. The summed E-state index contributed by atoms with van der Waals surface area (Å²) in [6, 6.07) is 9.54. The van der Waals surface area contributed by atoms with Gasteiger partial charge in [0.25, 0.3) is 0 Å². The Hall–Kier alpha value is -3.09. The number of carboxylic acid groups (broad SMARTS) is 1. The highest BCUT2D eigenvalue weighted by molar-refractivity contribution is 5.97. The van der Waals surface area contributed by atoms with Crippen LogP contribution in [0.5, 0.6) is 5.75 Å². The second kappa shape index (κ2) is 5.20. The van der Waals surface area contributed by atoms with E-state index in [9.17, 15) is 19.1 Å². The number of aromatic carboxylic acids is 1. The number of fused-ring (bicyclic) bond motifs is 4. The molecule has 0 aromatic heterocycles. The summed E-state index contributed by atoms with van der Waals surface area (Å²) in [4.78, 5) is 25.3. The van der Waals surface area contributed by atoms with Crippen molar-refractivity contribution in [3.05, 3.63) is 59.4 Å². The lowest BCUT2D eigenvalue weighted by molar-refractivity contribution is 0.0375. The van der Waals surface area contributed by atoms with Crippen LogP contribution < -0.4 is 15.0 Å². The number of hydrogen-bond acceptors (Lipinski definition) is 3. The number of amides is 2. The molecule has 128 valence electrons. The minimum atomic E-state index is -1.08. The van der Waals surface area contributed by atoms with E-state index in [1.807, 2.05) is 0 Å². The molecule has 0 radical (unpaired) electrons. The Balaban J connectivity index is 1.79. The molecule has 2 heterocycles. The normalized spacial score (nSPS) is 24.2. The van der Waals surface area contributed by atoms with Gasteiger partial charge in [0.2, 0.25) is 0 Å². The molecule has 0 aliphatic carbocycles. The number of nitrogens with one attached hydrogen (secondary N) is 1. The molecule has 25 heavy (non-hydrogen) atoms. The molecule has 2 aliphatic heterocycles. The standard InChI is InChI=1S/C18H15FN2O4/c1-18-9-14(13-8-11(19)5-6-15(13)25-18)20-17(24)21(18)12-4-2-3-10(7-12)16(22)23/h2-8,14H,9H2,1H3,(H,20,24)(H,22,23). The largest absolute Gasteiger partial charge is 0.478 e. The third kappa shape index (κ3) is 2.39. The Labute approximate surface area is 142 Å². The highest BCUT2D eigenvalue weighted by Crippen LogP contribution is 2.45. The molecule has 6 nitrogen and oxygen atoms in total. The number of anilines is 1. The number of benzene rings is 2. The van der Waals surface area contributed by atoms with Crippen LogP contribution in [0.15, 0.2) is 42.5 Å². The molecule has 2 N–H and O–H groups in total. The first-order valence-electron chi connectivity index (χ1n) is 7.80. The minimum Gasteiger partial charge on any atom is -0.478 e. The van der Waals surface area contributed by atoms with Crippen molar-refractivity contribution in [1.82, 2.24) is 5.32 Å². The minimum absolute atomic E-state index is 0.0781.